The quantitative estimate of drug-likeness (QED) is 0.787. The molecular formula is C15H17N5S. The number of imidazole rings is 1. The van der Waals surface area contributed by atoms with Crippen molar-refractivity contribution in [3.8, 4) is 11.5 Å². The average Bonchev–Trinajstić information content (AvgIpc) is 3.11. The molecule has 1 atom stereocenters. The van der Waals surface area contributed by atoms with E-state index in [-0.39, 0.29) is 0 Å². The fourth-order valence-electron chi connectivity index (χ4n) is 2.21. The average molecular weight is 299 g/mol. The van der Waals surface area contributed by atoms with Gasteiger partial charge in [0.25, 0.3) is 0 Å². The molecule has 0 aliphatic rings. The molecule has 0 aliphatic heterocycles. The molecule has 3 aromatic heterocycles. The highest BCUT2D eigenvalue weighted by molar-refractivity contribution is 7.07. The van der Waals surface area contributed by atoms with Gasteiger partial charge in [-0.15, -0.1) is 10.2 Å². The van der Waals surface area contributed by atoms with E-state index >= 15 is 0 Å². The summed E-state index contributed by atoms with van der Waals surface area (Å²) in [5, 5.41) is 16.1. The molecule has 0 amide bonds. The van der Waals surface area contributed by atoms with Crippen LogP contribution in [0.4, 0.5) is 5.82 Å². The summed E-state index contributed by atoms with van der Waals surface area (Å²) in [6, 6.07) is 6.35. The van der Waals surface area contributed by atoms with Gasteiger partial charge in [-0.1, -0.05) is 0 Å². The Morgan fingerprint density at radius 2 is 2.19 bits per heavy atom. The van der Waals surface area contributed by atoms with Crippen molar-refractivity contribution >= 4 is 17.2 Å². The summed E-state index contributed by atoms with van der Waals surface area (Å²) >= 11 is 1.72. The summed E-state index contributed by atoms with van der Waals surface area (Å²) in [5.41, 5.74) is 2.12. The lowest BCUT2D eigenvalue weighted by Crippen LogP contribution is -2.18. The maximum atomic E-state index is 4.27. The highest BCUT2D eigenvalue weighted by atomic mass is 32.1. The van der Waals surface area contributed by atoms with Crippen LogP contribution in [0.1, 0.15) is 12.5 Å². The molecule has 0 unspecified atom stereocenters. The van der Waals surface area contributed by atoms with Crippen molar-refractivity contribution in [2.45, 2.75) is 19.4 Å². The van der Waals surface area contributed by atoms with E-state index in [9.17, 15) is 0 Å². The first-order valence-electron chi connectivity index (χ1n) is 6.81. The monoisotopic (exact) mass is 299 g/mol. The van der Waals surface area contributed by atoms with Gasteiger partial charge in [-0.2, -0.15) is 11.3 Å². The molecule has 1 N–H and O–H groups in total. The summed E-state index contributed by atoms with van der Waals surface area (Å²) < 4.78 is 1.93. The van der Waals surface area contributed by atoms with Crippen LogP contribution in [0.2, 0.25) is 0 Å². The minimum atomic E-state index is 0.313. The number of anilines is 1. The molecule has 0 saturated carbocycles. The Balaban J connectivity index is 1.66. The maximum absolute atomic E-state index is 4.27. The Morgan fingerprint density at radius 3 is 2.81 bits per heavy atom. The topological polar surface area (TPSA) is 55.6 Å². The Kier molecular flexibility index (Phi) is 3.96. The fraction of sp³-hybridized carbons (Fsp3) is 0.267. The second-order valence-electron chi connectivity index (χ2n) is 5.05. The Morgan fingerprint density at radius 1 is 1.29 bits per heavy atom. The lowest BCUT2D eigenvalue weighted by atomic mass is 10.1. The van der Waals surface area contributed by atoms with E-state index in [2.05, 4.69) is 44.2 Å². The molecule has 0 aliphatic carbocycles. The van der Waals surface area contributed by atoms with Crippen LogP contribution in [-0.2, 0) is 13.5 Å². The van der Waals surface area contributed by atoms with Gasteiger partial charge in [0.1, 0.15) is 11.5 Å². The first-order valence-corrected chi connectivity index (χ1v) is 7.75. The van der Waals surface area contributed by atoms with Gasteiger partial charge in [0, 0.05) is 25.5 Å². The molecule has 0 fully saturated rings. The molecule has 3 aromatic rings. The number of hydrogen-bond acceptors (Lipinski definition) is 5. The van der Waals surface area contributed by atoms with Gasteiger partial charge in [0.15, 0.2) is 5.82 Å². The number of aromatic nitrogens is 4. The summed E-state index contributed by atoms with van der Waals surface area (Å²) in [4.78, 5) is 4.27. The van der Waals surface area contributed by atoms with E-state index in [1.165, 1.54) is 5.56 Å². The highest BCUT2D eigenvalue weighted by Gasteiger charge is 2.08. The van der Waals surface area contributed by atoms with E-state index < -0.39 is 0 Å². The second kappa shape index (κ2) is 6.05. The summed E-state index contributed by atoms with van der Waals surface area (Å²) in [6.45, 7) is 2.14. The Bertz CT molecular complexity index is 687. The fourth-order valence-corrected chi connectivity index (χ4v) is 2.89. The van der Waals surface area contributed by atoms with Gasteiger partial charge >= 0.3 is 0 Å². The predicted octanol–water partition coefficient (Wildman–Crippen LogP) is 2.98. The molecular weight excluding hydrogens is 282 g/mol. The number of thiophene rings is 1. The molecule has 3 rings (SSSR count). The van der Waals surface area contributed by atoms with Crippen LogP contribution in [0.3, 0.4) is 0 Å². The van der Waals surface area contributed by atoms with Crippen molar-refractivity contribution in [2.24, 2.45) is 7.05 Å². The van der Waals surface area contributed by atoms with E-state index in [0.29, 0.717) is 6.04 Å². The van der Waals surface area contributed by atoms with Crippen LogP contribution in [0.5, 0.6) is 0 Å². The van der Waals surface area contributed by atoms with E-state index in [0.717, 1.165) is 23.8 Å². The third kappa shape index (κ3) is 3.28. The zero-order chi connectivity index (χ0) is 14.7. The minimum Gasteiger partial charge on any atom is -0.366 e. The van der Waals surface area contributed by atoms with Crippen LogP contribution in [0.25, 0.3) is 11.5 Å². The molecule has 0 saturated heterocycles. The molecule has 3 heterocycles. The number of rotatable bonds is 5. The molecule has 5 nitrogen and oxygen atoms in total. The van der Waals surface area contributed by atoms with Crippen molar-refractivity contribution in [2.75, 3.05) is 5.32 Å². The normalized spacial score (nSPS) is 12.3. The lowest BCUT2D eigenvalue weighted by molar-refractivity contribution is 0.781. The molecule has 0 radical (unpaired) electrons. The van der Waals surface area contributed by atoms with E-state index in [4.69, 9.17) is 0 Å². The molecule has 0 bridgehead atoms. The van der Waals surface area contributed by atoms with E-state index in [1.54, 1.807) is 17.5 Å². The Labute approximate surface area is 127 Å². The standard InChI is InChI=1S/C15H17N5S/c1-11(9-12-5-8-21-10-12)17-14-4-3-13(18-19-14)15-16-6-7-20(15)2/h3-8,10-11H,9H2,1-2H3,(H,17,19)/t11-/m0/s1. The predicted molar refractivity (Wildman–Crippen MR) is 85.3 cm³/mol. The van der Waals surface area contributed by atoms with E-state index in [1.807, 2.05) is 29.9 Å². The van der Waals surface area contributed by atoms with Crippen LogP contribution in [0.15, 0.2) is 41.4 Å². The number of nitrogens with one attached hydrogen (secondary N) is 1. The van der Waals surface area contributed by atoms with Crippen LogP contribution >= 0.6 is 11.3 Å². The lowest BCUT2D eigenvalue weighted by Gasteiger charge is -2.13. The zero-order valence-electron chi connectivity index (χ0n) is 12.0. The number of nitrogens with zero attached hydrogens (tertiary/aromatic N) is 4. The third-order valence-electron chi connectivity index (χ3n) is 3.23. The Hall–Kier alpha value is -2.21. The van der Waals surface area contributed by atoms with Crippen LogP contribution < -0.4 is 5.32 Å². The minimum absolute atomic E-state index is 0.313. The number of hydrogen-bond donors (Lipinski definition) is 1. The van der Waals surface area contributed by atoms with Crippen molar-refractivity contribution in [3.05, 3.63) is 46.9 Å². The molecule has 0 aromatic carbocycles. The van der Waals surface area contributed by atoms with Crippen molar-refractivity contribution in [1.82, 2.24) is 19.7 Å². The molecule has 0 spiro atoms. The van der Waals surface area contributed by atoms with Crippen molar-refractivity contribution in [1.29, 1.82) is 0 Å². The van der Waals surface area contributed by atoms with Crippen LogP contribution in [-0.4, -0.2) is 25.8 Å². The SMILES string of the molecule is C[C@@H](Cc1ccsc1)Nc1ccc(-c2nccn2C)nn1. The van der Waals surface area contributed by atoms with Gasteiger partial charge in [-0.3, -0.25) is 0 Å². The van der Waals surface area contributed by atoms with Gasteiger partial charge in [-0.05, 0) is 47.9 Å². The van der Waals surface area contributed by atoms with Gasteiger partial charge in [-0.25, -0.2) is 4.98 Å². The maximum Gasteiger partial charge on any atom is 0.160 e. The second-order valence-corrected chi connectivity index (χ2v) is 5.83. The first-order chi connectivity index (χ1) is 10.2. The van der Waals surface area contributed by atoms with Gasteiger partial charge in [0.2, 0.25) is 0 Å². The van der Waals surface area contributed by atoms with Gasteiger partial charge in [0.05, 0.1) is 0 Å². The molecule has 108 valence electrons. The highest BCUT2D eigenvalue weighted by Crippen LogP contribution is 2.15. The van der Waals surface area contributed by atoms with Crippen molar-refractivity contribution in [3.63, 3.8) is 0 Å². The summed E-state index contributed by atoms with van der Waals surface area (Å²) in [7, 11) is 1.94. The van der Waals surface area contributed by atoms with Crippen molar-refractivity contribution < 1.29 is 0 Å². The largest absolute Gasteiger partial charge is 0.366 e. The summed E-state index contributed by atoms with van der Waals surface area (Å²) in [6.07, 6.45) is 4.63. The molecule has 6 heteroatoms. The van der Waals surface area contributed by atoms with Crippen LogP contribution in [0, 0.1) is 0 Å². The zero-order valence-corrected chi connectivity index (χ0v) is 12.8. The smallest absolute Gasteiger partial charge is 0.160 e. The number of aryl methyl sites for hydroxylation is 1. The first kappa shape index (κ1) is 13.8. The van der Waals surface area contributed by atoms with Gasteiger partial charge < -0.3 is 9.88 Å². The third-order valence-corrected chi connectivity index (χ3v) is 3.96. The molecule has 21 heavy (non-hydrogen) atoms. The summed E-state index contributed by atoms with van der Waals surface area (Å²) in [5.74, 6) is 1.61.